The van der Waals surface area contributed by atoms with Crippen LogP contribution < -0.4 is 0 Å². The van der Waals surface area contributed by atoms with Gasteiger partial charge in [-0.1, -0.05) is 133 Å². The maximum absolute atomic E-state index is 2.42. The van der Waals surface area contributed by atoms with Crippen molar-refractivity contribution < 1.29 is 0 Å². The van der Waals surface area contributed by atoms with Gasteiger partial charge in [0.2, 0.25) is 0 Å². The summed E-state index contributed by atoms with van der Waals surface area (Å²) in [4.78, 5) is 0. The van der Waals surface area contributed by atoms with E-state index in [1.165, 1.54) is 87.4 Å². The van der Waals surface area contributed by atoms with Crippen LogP contribution in [0.3, 0.4) is 0 Å². The van der Waals surface area contributed by atoms with Crippen LogP contribution in [0.25, 0.3) is 95.1 Å². The molecule has 0 saturated heterocycles. The number of benzene rings is 8. The Bertz CT molecular complexity index is 2990. The molecule has 0 radical (unpaired) electrons. The highest BCUT2D eigenvalue weighted by Crippen LogP contribution is 2.36. The quantitative estimate of drug-likeness (QED) is 0.124. The van der Waals surface area contributed by atoms with Gasteiger partial charge in [0.05, 0.1) is 11.0 Å². The molecule has 0 amide bonds. The standard InChI is InChI=1S/C50H36N2/c1-2-51-47-19-11-10-18-43(47)44-27-23-36(32-50(44)51)21-20-34-24-28-48-45(30-34)46-31-35(25-29-49(46)52(48)39-14-4-3-5-15-39)22-26-42-40-16-8-6-12-37(40)33-38-13-7-9-17-41(38)42/h3-33H,2H2,1H3/b21-20+,26-22+. The van der Waals surface area contributed by atoms with Crippen LogP contribution in [0.4, 0.5) is 0 Å². The van der Waals surface area contributed by atoms with Crippen molar-refractivity contribution in [3.8, 4) is 5.69 Å². The van der Waals surface area contributed by atoms with Gasteiger partial charge in [0.15, 0.2) is 0 Å². The van der Waals surface area contributed by atoms with Gasteiger partial charge < -0.3 is 9.13 Å². The van der Waals surface area contributed by atoms with Gasteiger partial charge in [-0.25, -0.2) is 0 Å². The monoisotopic (exact) mass is 664 g/mol. The Labute approximate surface area is 302 Å². The van der Waals surface area contributed by atoms with Crippen molar-refractivity contribution in [2.24, 2.45) is 0 Å². The molecule has 2 heterocycles. The molecule has 2 aromatic heterocycles. The minimum absolute atomic E-state index is 0.940. The number of aryl methyl sites for hydroxylation is 1. The first kappa shape index (κ1) is 30.2. The third kappa shape index (κ3) is 4.95. The summed E-state index contributed by atoms with van der Waals surface area (Å²) in [5.74, 6) is 0. The predicted octanol–water partition coefficient (Wildman–Crippen LogP) is 13.6. The zero-order valence-electron chi connectivity index (χ0n) is 29.0. The predicted molar refractivity (Wildman–Crippen MR) is 225 cm³/mol. The topological polar surface area (TPSA) is 9.86 Å². The second kappa shape index (κ2) is 12.3. The first-order valence-electron chi connectivity index (χ1n) is 18.1. The summed E-state index contributed by atoms with van der Waals surface area (Å²) >= 11 is 0. The van der Waals surface area contributed by atoms with Crippen LogP contribution in [0.5, 0.6) is 0 Å². The zero-order chi connectivity index (χ0) is 34.6. The Morgan fingerprint density at radius 2 is 0.904 bits per heavy atom. The lowest BCUT2D eigenvalue weighted by molar-refractivity contribution is 0.827. The number of para-hydroxylation sites is 2. The summed E-state index contributed by atoms with van der Waals surface area (Å²) < 4.78 is 4.81. The Morgan fingerprint density at radius 1 is 0.385 bits per heavy atom. The van der Waals surface area contributed by atoms with Gasteiger partial charge in [0, 0.05) is 44.8 Å². The van der Waals surface area contributed by atoms with Crippen molar-refractivity contribution in [3.05, 3.63) is 186 Å². The molecule has 52 heavy (non-hydrogen) atoms. The minimum atomic E-state index is 0.940. The first-order chi connectivity index (χ1) is 25.7. The van der Waals surface area contributed by atoms with E-state index in [-0.39, 0.29) is 0 Å². The van der Waals surface area contributed by atoms with Crippen molar-refractivity contribution in [2.45, 2.75) is 13.5 Å². The molecule has 246 valence electrons. The van der Waals surface area contributed by atoms with Crippen molar-refractivity contribution >= 4 is 89.5 Å². The summed E-state index contributed by atoms with van der Waals surface area (Å²) in [7, 11) is 0. The van der Waals surface area contributed by atoms with E-state index in [1.54, 1.807) is 0 Å². The molecule has 8 aromatic carbocycles. The van der Waals surface area contributed by atoms with E-state index in [1.807, 2.05) is 0 Å². The molecule has 0 unspecified atom stereocenters. The number of hydrogen-bond acceptors (Lipinski definition) is 0. The summed E-state index contributed by atoms with van der Waals surface area (Å²) in [5.41, 5.74) is 11.0. The van der Waals surface area contributed by atoms with Gasteiger partial charge in [-0.2, -0.15) is 0 Å². The van der Waals surface area contributed by atoms with E-state index >= 15 is 0 Å². The molecule has 0 saturated carbocycles. The summed E-state index contributed by atoms with van der Waals surface area (Å²) in [6.45, 7) is 3.16. The molecule has 0 fully saturated rings. The SMILES string of the molecule is CCn1c2ccccc2c2ccc(/C=C/c3ccc4c(c3)c3cc(/C=C/c5c6ccccc6cc6ccccc56)ccc3n4-c3ccccc3)cc21. The van der Waals surface area contributed by atoms with Crippen molar-refractivity contribution in [1.29, 1.82) is 0 Å². The summed E-state index contributed by atoms with van der Waals surface area (Å²) in [6.07, 6.45) is 9.07. The van der Waals surface area contributed by atoms with Crippen LogP contribution in [0, 0.1) is 0 Å². The van der Waals surface area contributed by atoms with Crippen LogP contribution in [0.2, 0.25) is 0 Å². The fraction of sp³-hybridized carbons (Fsp3) is 0.0400. The van der Waals surface area contributed by atoms with Crippen molar-refractivity contribution in [1.82, 2.24) is 9.13 Å². The van der Waals surface area contributed by atoms with Crippen molar-refractivity contribution in [2.75, 3.05) is 0 Å². The van der Waals surface area contributed by atoms with E-state index < -0.39 is 0 Å². The van der Waals surface area contributed by atoms with Crippen LogP contribution in [-0.4, -0.2) is 9.13 Å². The molecular weight excluding hydrogens is 629 g/mol. The average Bonchev–Trinajstić information content (AvgIpc) is 3.70. The smallest absolute Gasteiger partial charge is 0.0541 e. The Balaban J connectivity index is 1.09. The lowest BCUT2D eigenvalue weighted by atomic mass is 9.96. The van der Waals surface area contributed by atoms with Crippen molar-refractivity contribution in [3.63, 3.8) is 0 Å². The molecule has 2 nitrogen and oxygen atoms in total. The van der Waals surface area contributed by atoms with Gasteiger partial charge in [-0.3, -0.25) is 0 Å². The molecule has 0 bridgehead atoms. The molecule has 10 aromatic rings. The van der Waals surface area contributed by atoms with E-state index in [4.69, 9.17) is 0 Å². The fourth-order valence-corrected chi connectivity index (χ4v) is 8.23. The van der Waals surface area contributed by atoms with E-state index in [2.05, 4.69) is 204 Å². The number of fused-ring (bicyclic) bond motifs is 8. The van der Waals surface area contributed by atoms with Crippen LogP contribution in [0.15, 0.2) is 164 Å². The van der Waals surface area contributed by atoms with E-state index in [9.17, 15) is 0 Å². The van der Waals surface area contributed by atoms with Gasteiger partial charge >= 0.3 is 0 Å². The molecule has 0 N–H and O–H groups in total. The maximum atomic E-state index is 2.42. The third-order valence-corrected chi connectivity index (χ3v) is 10.7. The molecule has 0 atom stereocenters. The largest absolute Gasteiger partial charge is 0.341 e. The Morgan fingerprint density at radius 3 is 1.56 bits per heavy atom. The zero-order valence-corrected chi connectivity index (χ0v) is 29.0. The molecular formula is C50H36N2. The Hall–Kier alpha value is -6.64. The number of rotatable bonds is 6. The molecule has 10 rings (SSSR count). The maximum Gasteiger partial charge on any atom is 0.0541 e. The fourth-order valence-electron chi connectivity index (χ4n) is 8.23. The summed E-state index contributed by atoms with van der Waals surface area (Å²) in [6, 6.07) is 59.7. The van der Waals surface area contributed by atoms with Gasteiger partial charge in [0.25, 0.3) is 0 Å². The third-order valence-electron chi connectivity index (χ3n) is 10.7. The first-order valence-corrected chi connectivity index (χ1v) is 18.1. The second-order valence-corrected chi connectivity index (χ2v) is 13.7. The number of hydrogen-bond donors (Lipinski definition) is 0. The minimum Gasteiger partial charge on any atom is -0.341 e. The normalized spacial score (nSPS) is 12.2. The Kier molecular flexibility index (Phi) is 7.14. The van der Waals surface area contributed by atoms with Crippen LogP contribution >= 0.6 is 0 Å². The number of nitrogens with zero attached hydrogens (tertiary/aromatic N) is 2. The second-order valence-electron chi connectivity index (χ2n) is 13.7. The van der Waals surface area contributed by atoms with Gasteiger partial charge in [0.1, 0.15) is 0 Å². The van der Waals surface area contributed by atoms with Gasteiger partial charge in [-0.05, 0) is 105 Å². The molecule has 0 spiro atoms. The van der Waals surface area contributed by atoms with E-state index in [0.717, 1.165) is 12.2 Å². The van der Waals surface area contributed by atoms with Crippen LogP contribution in [0.1, 0.15) is 29.2 Å². The van der Waals surface area contributed by atoms with Crippen LogP contribution in [-0.2, 0) is 6.54 Å². The lowest BCUT2D eigenvalue weighted by Crippen LogP contribution is -1.93. The highest BCUT2D eigenvalue weighted by Gasteiger charge is 2.14. The molecule has 2 heteroatoms. The number of aromatic nitrogens is 2. The highest BCUT2D eigenvalue weighted by atomic mass is 15.0. The summed E-state index contributed by atoms with van der Waals surface area (Å²) in [5, 5.41) is 10.2. The lowest BCUT2D eigenvalue weighted by Gasteiger charge is -2.09. The van der Waals surface area contributed by atoms with E-state index in [0.29, 0.717) is 0 Å². The molecule has 0 aliphatic rings. The molecule has 0 aliphatic heterocycles. The molecule has 0 aliphatic carbocycles. The average molecular weight is 665 g/mol. The highest BCUT2D eigenvalue weighted by molar-refractivity contribution is 6.12. The van der Waals surface area contributed by atoms with Gasteiger partial charge in [-0.15, -0.1) is 0 Å².